The normalized spacial score (nSPS) is 17.3. The van der Waals surface area contributed by atoms with Gasteiger partial charge in [-0.2, -0.15) is 0 Å². The van der Waals surface area contributed by atoms with Gasteiger partial charge in [0, 0.05) is 26.0 Å². The number of aromatic nitrogens is 3. The predicted molar refractivity (Wildman–Crippen MR) is 84.5 cm³/mol. The first-order chi connectivity index (χ1) is 11.1. The predicted octanol–water partition coefficient (Wildman–Crippen LogP) is 0.477. The summed E-state index contributed by atoms with van der Waals surface area (Å²) in [7, 11) is 1.78. The van der Waals surface area contributed by atoms with Crippen molar-refractivity contribution in [1.29, 1.82) is 0 Å². The molecule has 3 rings (SSSR count). The molecule has 120 valence electrons. The number of hydrogen-bond acceptors (Lipinski definition) is 5. The van der Waals surface area contributed by atoms with Gasteiger partial charge in [0.05, 0.1) is 6.04 Å². The highest BCUT2D eigenvalue weighted by Crippen LogP contribution is 2.33. The van der Waals surface area contributed by atoms with Crippen LogP contribution in [0.2, 0.25) is 0 Å². The maximum atomic E-state index is 12.7. The third-order valence-corrected chi connectivity index (χ3v) is 3.99. The van der Waals surface area contributed by atoms with Crippen LogP contribution < -0.4 is 16.6 Å². The highest BCUT2D eigenvalue weighted by molar-refractivity contribution is 5.94. The van der Waals surface area contributed by atoms with E-state index in [1.807, 2.05) is 12.1 Å². The van der Waals surface area contributed by atoms with Crippen molar-refractivity contribution in [2.45, 2.75) is 18.9 Å². The summed E-state index contributed by atoms with van der Waals surface area (Å²) in [4.78, 5) is 45.9. The minimum Gasteiger partial charge on any atom is -0.373 e. The lowest BCUT2D eigenvalue weighted by Crippen LogP contribution is -2.36. The van der Waals surface area contributed by atoms with E-state index in [4.69, 9.17) is 0 Å². The van der Waals surface area contributed by atoms with Crippen molar-refractivity contribution in [2.75, 3.05) is 18.9 Å². The molecule has 0 radical (unpaired) electrons. The van der Waals surface area contributed by atoms with Gasteiger partial charge in [0.25, 0.3) is 11.5 Å². The smallest absolute Gasteiger partial charge is 0.325 e. The summed E-state index contributed by atoms with van der Waals surface area (Å²) in [5, 5.41) is 2.97. The number of H-pyrrole nitrogens is 2. The summed E-state index contributed by atoms with van der Waals surface area (Å²) < 4.78 is 0. The molecule has 1 atom stereocenters. The lowest BCUT2D eigenvalue weighted by Gasteiger charge is -2.25. The molecule has 0 bridgehead atoms. The lowest BCUT2D eigenvalue weighted by molar-refractivity contribution is 0.0733. The maximum Gasteiger partial charge on any atom is 0.325 e. The van der Waals surface area contributed by atoms with Crippen molar-refractivity contribution in [3.8, 4) is 0 Å². The molecule has 8 heteroatoms. The number of pyridine rings is 1. The zero-order valence-electron chi connectivity index (χ0n) is 12.6. The first kappa shape index (κ1) is 15.0. The Bertz CT molecular complexity index is 841. The second-order valence-corrected chi connectivity index (χ2v) is 5.37. The third-order valence-electron chi connectivity index (χ3n) is 3.99. The zero-order valence-corrected chi connectivity index (χ0v) is 12.6. The van der Waals surface area contributed by atoms with Gasteiger partial charge in [0.15, 0.2) is 0 Å². The van der Waals surface area contributed by atoms with E-state index in [1.54, 1.807) is 18.1 Å². The van der Waals surface area contributed by atoms with Crippen molar-refractivity contribution in [1.82, 2.24) is 19.9 Å². The first-order valence-corrected chi connectivity index (χ1v) is 7.37. The molecule has 3 heterocycles. The summed E-state index contributed by atoms with van der Waals surface area (Å²) in [6, 6.07) is 3.66. The highest BCUT2D eigenvalue weighted by Gasteiger charge is 2.32. The highest BCUT2D eigenvalue weighted by atomic mass is 16.2. The minimum absolute atomic E-state index is 0.0561. The number of likely N-dealkylation sites (tertiary alicyclic amines) is 1. The number of nitrogens with one attached hydrogen (secondary N) is 3. The monoisotopic (exact) mass is 315 g/mol. The van der Waals surface area contributed by atoms with Gasteiger partial charge in [-0.05, 0) is 30.5 Å². The Balaban J connectivity index is 1.93. The van der Waals surface area contributed by atoms with Gasteiger partial charge < -0.3 is 15.2 Å². The van der Waals surface area contributed by atoms with Crippen LogP contribution >= 0.6 is 0 Å². The fraction of sp³-hybridized carbons (Fsp3) is 0.333. The van der Waals surface area contributed by atoms with Crippen LogP contribution in [0.25, 0.3) is 0 Å². The second-order valence-electron chi connectivity index (χ2n) is 5.37. The van der Waals surface area contributed by atoms with Gasteiger partial charge in [0.1, 0.15) is 11.4 Å². The SMILES string of the molecule is CNc1cc([C@@H]2CCCN2C(=O)c2c[nH]c(=O)[nH]c2=O)ccn1. The zero-order chi connectivity index (χ0) is 16.4. The number of aromatic amines is 2. The Morgan fingerprint density at radius 1 is 1.43 bits per heavy atom. The van der Waals surface area contributed by atoms with Crippen molar-refractivity contribution >= 4 is 11.7 Å². The van der Waals surface area contributed by atoms with E-state index >= 15 is 0 Å². The molecule has 2 aromatic rings. The molecule has 0 aromatic carbocycles. The van der Waals surface area contributed by atoms with Crippen LogP contribution in [0.1, 0.15) is 34.8 Å². The number of amides is 1. The summed E-state index contributed by atoms with van der Waals surface area (Å²) in [5.41, 5.74) is -0.386. The van der Waals surface area contributed by atoms with Gasteiger partial charge in [-0.15, -0.1) is 0 Å². The number of anilines is 1. The molecule has 1 amide bonds. The number of rotatable bonds is 3. The van der Waals surface area contributed by atoms with Crippen molar-refractivity contribution in [2.24, 2.45) is 0 Å². The third kappa shape index (κ3) is 2.87. The molecular formula is C15H17N5O3. The summed E-state index contributed by atoms with van der Waals surface area (Å²) in [5.74, 6) is 0.344. The van der Waals surface area contributed by atoms with Crippen molar-refractivity contribution < 1.29 is 4.79 Å². The van der Waals surface area contributed by atoms with E-state index in [-0.39, 0.29) is 17.5 Å². The molecule has 23 heavy (non-hydrogen) atoms. The molecule has 2 aromatic heterocycles. The van der Waals surface area contributed by atoms with Gasteiger partial charge in [-0.3, -0.25) is 14.6 Å². The van der Waals surface area contributed by atoms with E-state index in [2.05, 4.69) is 20.3 Å². The van der Waals surface area contributed by atoms with Crippen molar-refractivity contribution in [3.05, 3.63) is 56.5 Å². The number of carbonyl (C=O) groups excluding carboxylic acids is 1. The first-order valence-electron chi connectivity index (χ1n) is 7.37. The van der Waals surface area contributed by atoms with Crippen LogP contribution in [0.5, 0.6) is 0 Å². The Morgan fingerprint density at radius 3 is 3.00 bits per heavy atom. The molecule has 0 saturated carbocycles. The van der Waals surface area contributed by atoms with E-state index in [0.717, 1.165) is 24.2 Å². The van der Waals surface area contributed by atoms with Crippen LogP contribution in [0, 0.1) is 0 Å². The Hall–Kier alpha value is -2.90. The number of carbonyl (C=O) groups is 1. The van der Waals surface area contributed by atoms with Gasteiger partial charge >= 0.3 is 5.69 Å². The van der Waals surface area contributed by atoms with Crippen molar-refractivity contribution in [3.63, 3.8) is 0 Å². The molecule has 1 aliphatic rings. The van der Waals surface area contributed by atoms with E-state index < -0.39 is 11.2 Å². The fourth-order valence-electron chi connectivity index (χ4n) is 2.87. The van der Waals surface area contributed by atoms with Crippen LogP contribution in [0.4, 0.5) is 5.82 Å². The second kappa shape index (κ2) is 6.07. The van der Waals surface area contributed by atoms with Crippen LogP contribution in [-0.4, -0.2) is 39.4 Å². The maximum absolute atomic E-state index is 12.7. The molecule has 0 aliphatic carbocycles. The molecular weight excluding hydrogens is 298 g/mol. The standard InChI is InChI=1S/C15H17N5O3/c1-16-12-7-9(4-5-17-12)11-3-2-6-20(11)14(22)10-8-18-15(23)19-13(10)21/h4-5,7-8,11H,2-3,6H2,1H3,(H,16,17)(H2,18,19,21,23)/t11-/m0/s1. The van der Waals surface area contributed by atoms with Gasteiger partial charge in [0.2, 0.25) is 0 Å². The molecule has 0 spiro atoms. The molecule has 1 saturated heterocycles. The Morgan fingerprint density at radius 2 is 2.26 bits per heavy atom. The lowest BCUT2D eigenvalue weighted by atomic mass is 10.1. The van der Waals surface area contributed by atoms with Crippen LogP contribution in [0.15, 0.2) is 34.1 Å². The average molecular weight is 315 g/mol. The van der Waals surface area contributed by atoms with Crippen LogP contribution in [0.3, 0.4) is 0 Å². The molecule has 1 fully saturated rings. The molecule has 1 aliphatic heterocycles. The minimum atomic E-state index is -0.671. The largest absolute Gasteiger partial charge is 0.373 e. The van der Waals surface area contributed by atoms with E-state index in [9.17, 15) is 14.4 Å². The van der Waals surface area contributed by atoms with Crippen LogP contribution in [-0.2, 0) is 0 Å². The molecule has 8 nitrogen and oxygen atoms in total. The Labute approximate surface area is 131 Å². The Kier molecular flexibility index (Phi) is 3.96. The quantitative estimate of drug-likeness (QED) is 0.763. The summed E-state index contributed by atoms with van der Waals surface area (Å²) >= 11 is 0. The number of nitrogens with zero attached hydrogens (tertiary/aromatic N) is 2. The van der Waals surface area contributed by atoms with Gasteiger partial charge in [-0.25, -0.2) is 9.78 Å². The average Bonchev–Trinajstić information content (AvgIpc) is 3.04. The summed E-state index contributed by atoms with van der Waals surface area (Å²) in [6.07, 6.45) is 4.54. The van der Waals surface area contributed by atoms with Gasteiger partial charge in [-0.1, -0.05) is 0 Å². The fourth-order valence-corrected chi connectivity index (χ4v) is 2.87. The molecule has 3 N–H and O–H groups in total. The topological polar surface area (TPSA) is 111 Å². The molecule has 0 unspecified atom stereocenters. The number of hydrogen-bond donors (Lipinski definition) is 3. The van der Waals surface area contributed by atoms with E-state index in [1.165, 1.54) is 6.20 Å². The summed E-state index contributed by atoms with van der Waals surface area (Å²) in [6.45, 7) is 0.569. The van der Waals surface area contributed by atoms with E-state index in [0.29, 0.717) is 6.54 Å².